The highest BCUT2D eigenvalue weighted by Gasteiger charge is 2.43. The van der Waals surface area contributed by atoms with Crippen LogP contribution >= 0.6 is 7.60 Å². The minimum atomic E-state index is -3.74. The molecule has 1 unspecified atom stereocenters. The lowest BCUT2D eigenvalue weighted by molar-refractivity contribution is 0.0464. The molecule has 0 aliphatic carbocycles. The van der Waals surface area contributed by atoms with E-state index in [0.29, 0.717) is 39.4 Å². The van der Waals surface area contributed by atoms with Crippen LogP contribution in [0.3, 0.4) is 0 Å². The highest BCUT2D eigenvalue weighted by atomic mass is 31.2. The van der Waals surface area contributed by atoms with Crippen LogP contribution in [0.2, 0.25) is 0 Å². The molecule has 0 saturated carbocycles. The van der Waals surface area contributed by atoms with Crippen LogP contribution in [0.4, 0.5) is 11.4 Å². The Morgan fingerprint density at radius 1 is 0.973 bits per heavy atom. The van der Waals surface area contributed by atoms with Gasteiger partial charge in [-0.2, -0.15) is 10.2 Å². The first-order valence-electron chi connectivity index (χ1n) is 12.0. The van der Waals surface area contributed by atoms with E-state index in [4.69, 9.17) is 18.5 Å². The Hall–Kier alpha value is -3.29. The molecule has 8 nitrogen and oxygen atoms in total. The van der Waals surface area contributed by atoms with Gasteiger partial charge < -0.3 is 23.6 Å². The molecule has 0 bridgehead atoms. The van der Waals surface area contributed by atoms with Crippen LogP contribution in [0.1, 0.15) is 37.5 Å². The van der Waals surface area contributed by atoms with E-state index in [1.54, 1.807) is 49.6 Å². The van der Waals surface area contributed by atoms with E-state index in [1.165, 1.54) is 0 Å². The average Bonchev–Trinajstić information content (AvgIpc) is 2.91. The summed E-state index contributed by atoms with van der Waals surface area (Å²) in [5, 5.41) is 19.9. The van der Waals surface area contributed by atoms with Gasteiger partial charge in [0.1, 0.15) is 22.6 Å². The Balaban J connectivity index is 1.52. The predicted octanol–water partition coefficient (Wildman–Crippen LogP) is 7.56. The average molecular weight is 521 g/mol. The van der Waals surface area contributed by atoms with Crippen LogP contribution in [0.5, 0.6) is 11.5 Å². The molecular formula is C28H29N2O6P. The molecule has 2 aliphatic rings. The zero-order valence-electron chi connectivity index (χ0n) is 21.0. The molecule has 1 fully saturated rings. The van der Waals surface area contributed by atoms with Crippen molar-refractivity contribution in [1.29, 1.82) is 0 Å². The SMILES string of the molecule is COc1ccc(/C(=C2/CC(O)c3cc(N=Nc4ccccc4)ccc3O2)P2(=O)OCC(C)(C)CO2)cc1. The third-order valence-corrected chi connectivity index (χ3v) is 8.15. The Morgan fingerprint density at radius 2 is 1.65 bits per heavy atom. The third-order valence-electron chi connectivity index (χ3n) is 6.15. The molecule has 0 spiro atoms. The minimum absolute atomic E-state index is 0.0910. The molecule has 5 rings (SSSR count). The van der Waals surface area contributed by atoms with E-state index < -0.39 is 13.7 Å². The first-order chi connectivity index (χ1) is 17.8. The molecule has 1 saturated heterocycles. The third kappa shape index (κ3) is 5.53. The summed E-state index contributed by atoms with van der Waals surface area (Å²) < 4.78 is 37.3. The lowest BCUT2D eigenvalue weighted by Crippen LogP contribution is -2.30. The summed E-state index contributed by atoms with van der Waals surface area (Å²) in [6.45, 7) is 4.51. The Kier molecular flexibility index (Phi) is 7.01. The highest BCUT2D eigenvalue weighted by molar-refractivity contribution is 7.65. The molecule has 0 aromatic heterocycles. The Labute approximate surface area is 216 Å². The number of rotatable bonds is 5. The summed E-state index contributed by atoms with van der Waals surface area (Å²) >= 11 is 0. The van der Waals surface area contributed by atoms with Crippen LogP contribution in [0.25, 0.3) is 5.31 Å². The molecule has 3 aromatic rings. The molecule has 9 heteroatoms. The van der Waals surface area contributed by atoms with Crippen LogP contribution in [-0.4, -0.2) is 25.4 Å². The topological polar surface area (TPSA) is 98.9 Å². The van der Waals surface area contributed by atoms with E-state index in [9.17, 15) is 9.67 Å². The first-order valence-corrected chi connectivity index (χ1v) is 13.5. The number of methoxy groups -OCH3 is 1. The summed E-state index contributed by atoms with van der Waals surface area (Å²) in [6.07, 6.45) is -0.819. The molecule has 192 valence electrons. The fraction of sp³-hybridized carbons (Fsp3) is 0.286. The lowest BCUT2D eigenvalue weighted by atomic mass is 9.97. The van der Waals surface area contributed by atoms with Gasteiger partial charge in [-0.15, -0.1) is 0 Å². The summed E-state index contributed by atoms with van der Waals surface area (Å²) in [6, 6.07) is 21.7. The Morgan fingerprint density at radius 3 is 2.32 bits per heavy atom. The fourth-order valence-corrected chi connectivity index (χ4v) is 6.39. The molecule has 0 radical (unpaired) electrons. The zero-order valence-corrected chi connectivity index (χ0v) is 21.9. The van der Waals surface area contributed by atoms with Gasteiger partial charge in [0.15, 0.2) is 0 Å². The molecule has 1 N–H and O–H groups in total. The second kappa shape index (κ2) is 10.2. The maximum atomic E-state index is 14.0. The molecule has 2 aliphatic heterocycles. The number of benzene rings is 3. The van der Waals surface area contributed by atoms with Crippen molar-refractivity contribution in [2.24, 2.45) is 15.6 Å². The quantitative estimate of drug-likeness (QED) is 0.275. The van der Waals surface area contributed by atoms with E-state index in [1.807, 2.05) is 44.2 Å². The number of hydrogen-bond acceptors (Lipinski definition) is 8. The Bertz CT molecular complexity index is 1370. The van der Waals surface area contributed by atoms with Crippen LogP contribution in [0.15, 0.2) is 88.8 Å². The summed E-state index contributed by atoms with van der Waals surface area (Å²) in [4.78, 5) is 0. The van der Waals surface area contributed by atoms with E-state index in [2.05, 4.69) is 10.2 Å². The zero-order chi connectivity index (χ0) is 26.0. The van der Waals surface area contributed by atoms with E-state index in [-0.39, 0.29) is 25.0 Å². The standard InChI is InChI=1S/C28H29N2O6P/c1-28(2)17-34-37(32,35-18-28)27(19-9-12-22(33-3)13-10-19)26-16-24(31)23-15-21(11-14-25(23)36-26)30-29-20-7-5-4-6-8-20/h4-15,24,31H,16-18H2,1-3H3/b27-26+,30-29?. The van der Waals surface area contributed by atoms with Crippen LogP contribution in [0, 0.1) is 5.41 Å². The second-order valence-electron chi connectivity index (χ2n) is 9.79. The predicted molar refractivity (Wildman–Crippen MR) is 140 cm³/mol. The maximum absolute atomic E-state index is 14.0. The number of hydrogen-bond donors (Lipinski definition) is 1. The lowest BCUT2D eigenvalue weighted by Gasteiger charge is -2.36. The number of fused-ring (bicyclic) bond motifs is 1. The summed E-state index contributed by atoms with van der Waals surface area (Å²) in [7, 11) is -2.16. The number of aliphatic hydroxyl groups is 1. The van der Waals surface area contributed by atoms with Gasteiger partial charge in [0, 0.05) is 17.4 Å². The highest BCUT2D eigenvalue weighted by Crippen LogP contribution is 2.65. The van der Waals surface area contributed by atoms with Crippen molar-refractivity contribution in [3.8, 4) is 11.5 Å². The molecule has 3 aromatic carbocycles. The minimum Gasteiger partial charge on any atom is -0.497 e. The van der Waals surface area contributed by atoms with Gasteiger partial charge in [0.2, 0.25) is 0 Å². The van der Waals surface area contributed by atoms with Crippen molar-refractivity contribution in [1.82, 2.24) is 0 Å². The van der Waals surface area contributed by atoms with Gasteiger partial charge in [0.25, 0.3) is 0 Å². The van der Waals surface area contributed by atoms with Crippen LogP contribution < -0.4 is 9.47 Å². The van der Waals surface area contributed by atoms with Crippen molar-refractivity contribution in [2.75, 3.05) is 20.3 Å². The van der Waals surface area contributed by atoms with E-state index in [0.717, 1.165) is 5.69 Å². The van der Waals surface area contributed by atoms with Crippen molar-refractivity contribution < 1.29 is 28.2 Å². The van der Waals surface area contributed by atoms with Gasteiger partial charge >= 0.3 is 7.60 Å². The normalized spacial score (nSPS) is 21.7. The molecule has 37 heavy (non-hydrogen) atoms. The molecular weight excluding hydrogens is 491 g/mol. The fourth-order valence-electron chi connectivity index (χ4n) is 4.11. The smallest absolute Gasteiger partial charge is 0.365 e. The van der Waals surface area contributed by atoms with Gasteiger partial charge in [-0.3, -0.25) is 4.57 Å². The van der Waals surface area contributed by atoms with E-state index >= 15 is 0 Å². The monoisotopic (exact) mass is 520 g/mol. The number of nitrogens with zero attached hydrogens (tertiary/aromatic N) is 2. The summed E-state index contributed by atoms with van der Waals surface area (Å²) in [5.74, 6) is 1.44. The number of azo groups is 1. The van der Waals surface area contributed by atoms with Crippen LogP contribution in [-0.2, 0) is 13.6 Å². The largest absolute Gasteiger partial charge is 0.497 e. The molecule has 0 amide bonds. The van der Waals surface area contributed by atoms with Gasteiger partial charge in [-0.05, 0) is 48.0 Å². The van der Waals surface area contributed by atoms with Crippen molar-refractivity contribution in [2.45, 2.75) is 26.4 Å². The van der Waals surface area contributed by atoms with Gasteiger partial charge in [-0.25, -0.2) is 0 Å². The van der Waals surface area contributed by atoms with Crippen molar-refractivity contribution in [3.63, 3.8) is 0 Å². The number of aliphatic hydroxyl groups excluding tert-OH is 1. The van der Waals surface area contributed by atoms with Crippen molar-refractivity contribution in [3.05, 3.63) is 89.7 Å². The maximum Gasteiger partial charge on any atom is 0.365 e. The summed E-state index contributed by atoms with van der Waals surface area (Å²) in [5.41, 5.74) is 2.23. The van der Waals surface area contributed by atoms with Gasteiger partial charge in [-0.1, -0.05) is 44.2 Å². The first kappa shape index (κ1) is 25.4. The molecule has 2 heterocycles. The van der Waals surface area contributed by atoms with Gasteiger partial charge in [0.05, 0.1) is 37.8 Å². The number of ether oxygens (including phenoxy) is 2. The molecule has 1 atom stereocenters. The second-order valence-corrected chi connectivity index (χ2v) is 11.7. The van der Waals surface area contributed by atoms with Crippen molar-refractivity contribution >= 4 is 24.3 Å².